The topological polar surface area (TPSA) is 47.0 Å². The van der Waals surface area contributed by atoms with Crippen molar-refractivity contribution < 1.29 is 4.74 Å². The number of hydrogen-bond acceptors (Lipinski definition) is 4. The first kappa shape index (κ1) is 12.9. The largest absolute Gasteiger partial charge is 0.496 e. The molecular formula is C16H19N3O. The van der Waals surface area contributed by atoms with E-state index in [9.17, 15) is 0 Å². The number of ether oxygens (including phenoxy) is 1. The van der Waals surface area contributed by atoms with Gasteiger partial charge >= 0.3 is 0 Å². The van der Waals surface area contributed by atoms with E-state index in [1.54, 1.807) is 7.11 Å². The molecule has 0 radical (unpaired) electrons. The van der Waals surface area contributed by atoms with Gasteiger partial charge in [-0.25, -0.2) is 0 Å². The number of nitrogens with one attached hydrogen (secondary N) is 1. The molecule has 0 amide bonds. The lowest BCUT2D eigenvalue weighted by Crippen LogP contribution is -2.04. The van der Waals surface area contributed by atoms with E-state index in [2.05, 4.69) is 27.6 Å². The smallest absolute Gasteiger partial charge is 0.148 e. The molecule has 0 unspecified atom stereocenters. The number of rotatable bonds is 4. The number of anilines is 1. The van der Waals surface area contributed by atoms with Crippen molar-refractivity contribution in [3.05, 3.63) is 35.4 Å². The van der Waals surface area contributed by atoms with Crippen molar-refractivity contribution in [2.24, 2.45) is 0 Å². The molecule has 1 fully saturated rings. The van der Waals surface area contributed by atoms with Crippen molar-refractivity contribution >= 4 is 5.82 Å². The molecule has 0 saturated heterocycles. The van der Waals surface area contributed by atoms with E-state index in [0.29, 0.717) is 6.04 Å². The highest BCUT2D eigenvalue weighted by molar-refractivity contribution is 5.64. The van der Waals surface area contributed by atoms with Gasteiger partial charge in [0.05, 0.1) is 12.8 Å². The summed E-state index contributed by atoms with van der Waals surface area (Å²) in [7, 11) is 1.70. The van der Waals surface area contributed by atoms with E-state index < -0.39 is 0 Å². The molecule has 20 heavy (non-hydrogen) atoms. The molecule has 1 aromatic heterocycles. The van der Waals surface area contributed by atoms with Crippen LogP contribution in [0.2, 0.25) is 0 Å². The Labute approximate surface area is 119 Å². The van der Waals surface area contributed by atoms with E-state index in [0.717, 1.165) is 34.0 Å². The minimum absolute atomic E-state index is 0.598. The van der Waals surface area contributed by atoms with Crippen LogP contribution >= 0.6 is 0 Å². The third-order valence-electron chi connectivity index (χ3n) is 3.55. The van der Waals surface area contributed by atoms with Crippen LogP contribution < -0.4 is 10.1 Å². The van der Waals surface area contributed by atoms with E-state index in [1.807, 2.05) is 26.0 Å². The zero-order chi connectivity index (χ0) is 14.1. The fourth-order valence-electron chi connectivity index (χ4n) is 2.42. The average molecular weight is 269 g/mol. The van der Waals surface area contributed by atoms with Gasteiger partial charge in [0.1, 0.15) is 11.6 Å². The maximum Gasteiger partial charge on any atom is 0.148 e. The highest BCUT2D eigenvalue weighted by atomic mass is 16.5. The fourth-order valence-corrected chi connectivity index (χ4v) is 2.42. The molecule has 1 heterocycles. The molecule has 4 nitrogen and oxygen atoms in total. The first-order valence-corrected chi connectivity index (χ1v) is 6.93. The molecule has 4 heteroatoms. The molecule has 1 saturated carbocycles. The molecule has 1 N–H and O–H groups in total. The predicted octanol–water partition coefficient (Wildman–Crippen LogP) is 3.34. The van der Waals surface area contributed by atoms with E-state index in [1.165, 1.54) is 12.8 Å². The van der Waals surface area contributed by atoms with Crippen LogP contribution in [0, 0.1) is 13.8 Å². The Hall–Kier alpha value is -2.10. The highest BCUT2D eigenvalue weighted by Crippen LogP contribution is 2.29. The van der Waals surface area contributed by atoms with Crippen LogP contribution in [0.1, 0.15) is 24.0 Å². The summed E-state index contributed by atoms with van der Waals surface area (Å²) in [5.41, 5.74) is 4.19. The Morgan fingerprint density at radius 1 is 1.10 bits per heavy atom. The van der Waals surface area contributed by atoms with Gasteiger partial charge in [-0.1, -0.05) is 0 Å². The van der Waals surface area contributed by atoms with Gasteiger partial charge in [0, 0.05) is 11.6 Å². The number of benzene rings is 1. The number of hydrogen-bond donors (Lipinski definition) is 1. The summed E-state index contributed by atoms with van der Waals surface area (Å²) >= 11 is 0. The number of methoxy groups -OCH3 is 1. The van der Waals surface area contributed by atoms with E-state index >= 15 is 0 Å². The molecule has 0 atom stereocenters. The zero-order valence-corrected chi connectivity index (χ0v) is 12.1. The van der Waals surface area contributed by atoms with Crippen molar-refractivity contribution in [1.29, 1.82) is 0 Å². The van der Waals surface area contributed by atoms with Crippen LogP contribution in [0.25, 0.3) is 11.3 Å². The maximum absolute atomic E-state index is 5.39. The summed E-state index contributed by atoms with van der Waals surface area (Å²) in [6.07, 6.45) is 2.47. The van der Waals surface area contributed by atoms with Crippen molar-refractivity contribution in [3.63, 3.8) is 0 Å². The van der Waals surface area contributed by atoms with Crippen LogP contribution in [0.3, 0.4) is 0 Å². The second-order valence-corrected chi connectivity index (χ2v) is 5.37. The second-order valence-electron chi connectivity index (χ2n) is 5.37. The van der Waals surface area contributed by atoms with Gasteiger partial charge in [-0.15, -0.1) is 10.2 Å². The van der Waals surface area contributed by atoms with Crippen LogP contribution in [0.15, 0.2) is 24.3 Å². The van der Waals surface area contributed by atoms with Crippen molar-refractivity contribution in [1.82, 2.24) is 10.2 Å². The van der Waals surface area contributed by atoms with E-state index in [4.69, 9.17) is 4.74 Å². The van der Waals surface area contributed by atoms with Crippen LogP contribution in [0.5, 0.6) is 5.75 Å². The predicted molar refractivity (Wildman–Crippen MR) is 80.1 cm³/mol. The quantitative estimate of drug-likeness (QED) is 0.924. The third-order valence-corrected chi connectivity index (χ3v) is 3.55. The third kappa shape index (κ3) is 2.59. The van der Waals surface area contributed by atoms with Gasteiger partial charge in [-0.3, -0.25) is 0 Å². The van der Waals surface area contributed by atoms with Crippen LogP contribution in [0.4, 0.5) is 5.82 Å². The molecule has 1 aliphatic carbocycles. The first-order valence-electron chi connectivity index (χ1n) is 6.93. The van der Waals surface area contributed by atoms with Crippen LogP contribution in [-0.4, -0.2) is 23.3 Å². The SMILES string of the molecule is COc1c(C)cc(-c2ccc(NC3CC3)nn2)cc1C. The van der Waals surface area contributed by atoms with Crippen molar-refractivity contribution in [2.45, 2.75) is 32.7 Å². The minimum Gasteiger partial charge on any atom is -0.496 e. The summed E-state index contributed by atoms with van der Waals surface area (Å²) < 4.78 is 5.39. The summed E-state index contributed by atoms with van der Waals surface area (Å²) in [6.45, 7) is 4.09. The van der Waals surface area contributed by atoms with E-state index in [-0.39, 0.29) is 0 Å². The number of aromatic nitrogens is 2. The van der Waals surface area contributed by atoms with Gasteiger partial charge in [0.15, 0.2) is 0 Å². The highest BCUT2D eigenvalue weighted by Gasteiger charge is 2.21. The normalized spacial score (nSPS) is 14.2. The lowest BCUT2D eigenvalue weighted by Gasteiger charge is -2.11. The molecule has 0 spiro atoms. The monoisotopic (exact) mass is 269 g/mol. The molecule has 0 bridgehead atoms. The Morgan fingerprint density at radius 3 is 2.30 bits per heavy atom. The lowest BCUT2D eigenvalue weighted by molar-refractivity contribution is 0.408. The molecule has 0 aliphatic heterocycles. The summed E-state index contributed by atoms with van der Waals surface area (Å²) in [5.74, 6) is 1.80. The molecule has 1 aromatic carbocycles. The Balaban J connectivity index is 1.88. The lowest BCUT2D eigenvalue weighted by atomic mass is 10.0. The zero-order valence-electron chi connectivity index (χ0n) is 12.1. The fraction of sp³-hybridized carbons (Fsp3) is 0.375. The van der Waals surface area contributed by atoms with Crippen molar-refractivity contribution in [3.8, 4) is 17.0 Å². The molecular weight excluding hydrogens is 250 g/mol. The van der Waals surface area contributed by atoms with Gasteiger partial charge in [-0.05, 0) is 62.1 Å². The molecule has 3 rings (SSSR count). The maximum atomic E-state index is 5.39. The molecule has 2 aromatic rings. The number of aryl methyl sites for hydroxylation is 2. The summed E-state index contributed by atoms with van der Waals surface area (Å²) in [6, 6.07) is 8.78. The Bertz CT molecular complexity index is 595. The Morgan fingerprint density at radius 2 is 1.80 bits per heavy atom. The van der Waals surface area contributed by atoms with Gasteiger partial charge in [0.25, 0.3) is 0 Å². The molecule has 104 valence electrons. The van der Waals surface area contributed by atoms with Crippen LogP contribution in [-0.2, 0) is 0 Å². The van der Waals surface area contributed by atoms with Gasteiger partial charge < -0.3 is 10.1 Å². The second kappa shape index (κ2) is 5.12. The van der Waals surface area contributed by atoms with Gasteiger partial charge in [0.2, 0.25) is 0 Å². The summed E-state index contributed by atoms with van der Waals surface area (Å²) in [4.78, 5) is 0. The standard InChI is InChI=1S/C16H19N3O/c1-10-8-12(9-11(2)16(10)20-3)14-6-7-15(19-18-14)17-13-4-5-13/h6-9,13H,4-5H2,1-3H3,(H,17,19). The van der Waals surface area contributed by atoms with Gasteiger partial charge in [-0.2, -0.15) is 0 Å². The van der Waals surface area contributed by atoms with Crippen molar-refractivity contribution in [2.75, 3.05) is 12.4 Å². The Kier molecular flexibility index (Phi) is 3.30. The number of nitrogens with zero attached hydrogens (tertiary/aromatic N) is 2. The minimum atomic E-state index is 0.598. The molecule has 1 aliphatic rings. The first-order chi connectivity index (χ1) is 9.67. The summed E-state index contributed by atoms with van der Waals surface area (Å²) in [5, 5.41) is 11.9. The average Bonchev–Trinajstić information content (AvgIpc) is 3.23.